The summed E-state index contributed by atoms with van der Waals surface area (Å²) in [6.45, 7) is 0. The number of hydrogen-bond donors (Lipinski definition) is 1. The zero-order valence-electron chi connectivity index (χ0n) is 9.44. The molecule has 6 nitrogen and oxygen atoms in total. The van der Waals surface area contributed by atoms with Gasteiger partial charge in [0.15, 0.2) is 0 Å². The molecule has 7 heteroatoms. The molecule has 0 radical (unpaired) electrons. The van der Waals surface area contributed by atoms with Gasteiger partial charge in [0, 0.05) is 17.6 Å². The minimum atomic E-state index is -0.837. The number of nitrogens with zero attached hydrogens (tertiary/aromatic N) is 3. The van der Waals surface area contributed by atoms with Gasteiger partial charge in [0.25, 0.3) is 5.22 Å². The Morgan fingerprint density at radius 2 is 2.28 bits per heavy atom. The van der Waals surface area contributed by atoms with Crippen molar-refractivity contribution in [2.75, 3.05) is 5.75 Å². The van der Waals surface area contributed by atoms with E-state index in [-0.39, 0.29) is 6.42 Å². The Morgan fingerprint density at radius 3 is 3.00 bits per heavy atom. The molecule has 1 N–H and O–H groups in total. The highest BCUT2D eigenvalue weighted by atomic mass is 32.2. The predicted molar refractivity (Wildman–Crippen MR) is 64.3 cm³/mol. The first-order valence-electron chi connectivity index (χ1n) is 5.31. The zero-order valence-corrected chi connectivity index (χ0v) is 10.3. The summed E-state index contributed by atoms with van der Waals surface area (Å²) in [5.74, 6) is 0.0582. The van der Waals surface area contributed by atoms with Crippen molar-refractivity contribution in [3.8, 4) is 0 Å². The normalized spacial score (nSPS) is 10.4. The minimum Gasteiger partial charge on any atom is -0.481 e. The average molecular weight is 265 g/mol. The highest BCUT2D eigenvalue weighted by Gasteiger charge is 2.08. The van der Waals surface area contributed by atoms with Crippen LogP contribution in [0.1, 0.15) is 18.0 Å². The molecule has 2 heterocycles. The Morgan fingerprint density at radius 1 is 1.39 bits per heavy atom. The van der Waals surface area contributed by atoms with Gasteiger partial charge in [-0.2, -0.15) is 0 Å². The van der Waals surface area contributed by atoms with E-state index in [1.54, 1.807) is 6.20 Å². The van der Waals surface area contributed by atoms with Crippen LogP contribution in [0.25, 0.3) is 0 Å². The summed E-state index contributed by atoms with van der Waals surface area (Å²) in [5, 5.41) is 16.6. The molecule has 18 heavy (non-hydrogen) atoms. The summed E-state index contributed by atoms with van der Waals surface area (Å²) < 4.78 is 5.38. The van der Waals surface area contributed by atoms with Gasteiger partial charge in [0.2, 0.25) is 5.89 Å². The van der Waals surface area contributed by atoms with E-state index in [1.165, 1.54) is 11.8 Å². The van der Waals surface area contributed by atoms with Gasteiger partial charge in [-0.25, -0.2) is 0 Å². The zero-order chi connectivity index (χ0) is 12.8. The molecule has 0 atom stereocenters. The molecule has 0 aromatic carbocycles. The first-order valence-corrected chi connectivity index (χ1v) is 6.29. The highest BCUT2D eigenvalue weighted by molar-refractivity contribution is 7.99. The maximum Gasteiger partial charge on any atom is 0.304 e. The van der Waals surface area contributed by atoms with Gasteiger partial charge in [-0.1, -0.05) is 17.8 Å². The highest BCUT2D eigenvalue weighted by Crippen LogP contribution is 2.17. The number of carbonyl (C=O) groups is 1. The summed E-state index contributed by atoms with van der Waals surface area (Å²) in [7, 11) is 0. The summed E-state index contributed by atoms with van der Waals surface area (Å²) in [5.41, 5.74) is 0.850. The Labute approximate surface area is 107 Å². The molecule has 2 aromatic rings. The largest absolute Gasteiger partial charge is 0.481 e. The quantitative estimate of drug-likeness (QED) is 0.794. The molecule has 0 aliphatic carbocycles. The van der Waals surface area contributed by atoms with Crippen LogP contribution in [0.3, 0.4) is 0 Å². The number of hydrogen-bond acceptors (Lipinski definition) is 6. The van der Waals surface area contributed by atoms with Crippen LogP contribution in [0, 0.1) is 0 Å². The third-order valence-electron chi connectivity index (χ3n) is 2.05. The van der Waals surface area contributed by atoms with Crippen molar-refractivity contribution >= 4 is 17.7 Å². The van der Waals surface area contributed by atoms with Gasteiger partial charge >= 0.3 is 5.97 Å². The van der Waals surface area contributed by atoms with Crippen LogP contribution >= 0.6 is 11.8 Å². The van der Waals surface area contributed by atoms with Crippen molar-refractivity contribution in [3.05, 3.63) is 36.0 Å². The van der Waals surface area contributed by atoms with E-state index in [0.717, 1.165) is 5.69 Å². The third kappa shape index (κ3) is 3.85. The molecule has 2 aromatic heterocycles. The fourth-order valence-electron chi connectivity index (χ4n) is 1.25. The van der Waals surface area contributed by atoms with Crippen LogP contribution in [0.2, 0.25) is 0 Å². The lowest BCUT2D eigenvalue weighted by Gasteiger charge is -1.94. The van der Waals surface area contributed by atoms with Crippen molar-refractivity contribution in [1.82, 2.24) is 15.2 Å². The van der Waals surface area contributed by atoms with Crippen molar-refractivity contribution in [1.29, 1.82) is 0 Å². The maximum absolute atomic E-state index is 10.3. The van der Waals surface area contributed by atoms with E-state index in [9.17, 15) is 4.79 Å². The number of carboxylic acid groups (broad SMARTS) is 1. The summed E-state index contributed by atoms with van der Waals surface area (Å²) in [6, 6.07) is 5.60. The lowest BCUT2D eigenvalue weighted by molar-refractivity contribution is -0.136. The first kappa shape index (κ1) is 12.6. The SMILES string of the molecule is O=C(O)CCSc1nnc(Cc2ccccn2)o1. The first-order chi connectivity index (χ1) is 8.74. The van der Waals surface area contributed by atoms with Crippen LogP contribution in [0.4, 0.5) is 0 Å². The monoisotopic (exact) mass is 265 g/mol. The van der Waals surface area contributed by atoms with E-state index >= 15 is 0 Å². The molecule has 0 aliphatic rings. The molecule has 0 saturated heterocycles. The molecule has 2 rings (SSSR count). The number of aromatic nitrogens is 3. The van der Waals surface area contributed by atoms with E-state index in [4.69, 9.17) is 9.52 Å². The third-order valence-corrected chi connectivity index (χ3v) is 2.87. The fraction of sp³-hybridized carbons (Fsp3) is 0.273. The molecule has 0 aliphatic heterocycles. The van der Waals surface area contributed by atoms with E-state index < -0.39 is 5.97 Å². The summed E-state index contributed by atoms with van der Waals surface area (Å²) in [4.78, 5) is 14.5. The van der Waals surface area contributed by atoms with E-state index in [2.05, 4.69) is 15.2 Å². The van der Waals surface area contributed by atoms with E-state index in [0.29, 0.717) is 23.3 Å². The minimum absolute atomic E-state index is 0.0720. The van der Waals surface area contributed by atoms with Crippen molar-refractivity contribution in [2.45, 2.75) is 18.1 Å². The predicted octanol–water partition coefficient (Wildman–Crippen LogP) is 1.62. The lowest BCUT2D eigenvalue weighted by atomic mass is 10.3. The van der Waals surface area contributed by atoms with Crippen LogP contribution in [0.5, 0.6) is 0 Å². The van der Waals surface area contributed by atoms with Gasteiger partial charge in [-0.05, 0) is 12.1 Å². The van der Waals surface area contributed by atoms with E-state index in [1.807, 2.05) is 18.2 Å². The fourth-order valence-corrected chi connectivity index (χ4v) is 1.96. The van der Waals surface area contributed by atoms with Crippen LogP contribution < -0.4 is 0 Å². The van der Waals surface area contributed by atoms with Crippen molar-refractivity contribution < 1.29 is 14.3 Å². The average Bonchev–Trinajstić information content (AvgIpc) is 2.78. The second-order valence-electron chi connectivity index (χ2n) is 3.45. The van der Waals surface area contributed by atoms with Crippen LogP contribution in [0.15, 0.2) is 34.0 Å². The lowest BCUT2D eigenvalue weighted by Crippen LogP contribution is -1.95. The molecular weight excluding hydrogens is 254 g/mol. The molecule has 0 bridgehead atoms. The Bertz CT molecular complexity index is 515. The summed E-state index contributed by atoms with van der Waals surface area (Å²) in [6.07, 6.45) is 2.25. The number of aliphatic carboxylic acids is 1. The van der Waals surface area contributed by atoms with Crippen molar-refractivity contribution in [3.63, 3.8) is 0 Å². The molecule has 0 spiro atoms. The smallest absolute Gasteiger partial charge is 0.304 e. The number of rotatable bonds is 6. The molecule has 0 unspecified atom stereocenters. The van der Waals surface area contributed by atoms with Crippen molar-refractivity contribution in [2.24, 2.45) is 0 Å². The van der Waals surface area contributed by atoms with Gasteiger partial charge < -0.3 is 9.52 Å². The van der Waals surface area contributed by atoms with Crippen LogP contribution in [-0.4, -0.2) is 32.0 Å². The van der Waals surface area contributed by atoms with Gasteiger partial charge in [-0.3, -0.25) is 9.78 Å². The molecule has 0 amide bonds. The Balaban J connectivity index is 1.88. The molecule has 94 valence electrons. The van der Waals surface area contributed by atoms with Gasteiger partial charge in [0.05, 0.1) is 12.8 Å². The number of carboxylic acids is 1. The standard InChI is InChI=1S/C11H11N3O3S/c15-10(16)4-6-18-11-14-13-9(17-11)7-8-3-1-2-5-12-8/h1-3,5H,4,6-7H2,(H,15,16). The number of thioether (sulfide) groups is 1. The topological polar surface area (TPSA) is 89.1 Å². The second kappa shape index (κ2) is 6.15. The second-order valence-corrected chi connectivity index (χ2v) is 4.50. The van der Waals surface area contributed by atoms with Gasteiger partial charge in [-0.15, -0.1) is 10.2 Å². The Hall–Kier alpha value is -1.89. The summed E-state index contributed by atoms with van der Waals surface area (Å²) >= 11 is 1.24. The molecule has 0 saturated carbocycles. The van der Waals surface area contributed by atoms with Crippen LogP contribution in [-0.2, 0) is 11.2 Å². The number of pyridine rings is 1. The van der Waals surface area contributed by atoms with Gasteiger partial charge in [0.1, 0.15) is 0 Å². The Kier molecular flexibility index (Phi) is 4.30. The maximum atomic E-state index is 10.3. The molecule has 0 fully saturated rings. The molecular formula is C11H11N3O3S.